The van der Waals surface area contributed by atoms with Crippen LogP contribution >= 0.6 is 0 Å². The molecule has 5 heteroatoms. The lowest BCUT2D eigenvalue weighted by atomic mass is 10.0. The number of aromatic nitrogens is 2. The monoisotopic (exact) mass is 286 g/mol. The number of para-hydroxylation sites is 1. The van der Waals surface area contributed by atoms with Crippen molar-refractivity contribution in [2.75, 3.05) is 0 Å². The molecule has 0 radical (unpaired) electrons. The first-order chi connectivity index (χ1) is 10.1. The third-order valence-corrected chi connectivity index (χ3v) is 3.68. The molecule has 0 unspecified atom stereocenters. The van der Waals surface area contributed by atoms with Gasteiger partial charge >= 0.3 is 6.18 Å². The molecular formula is C16H9F3N2. The lowest BCUT2D eigenvalue weighted by Crippen LogP contribution is -2.04. The summed E-state index contributed by atoms with van der Waals surface area (Å²) in [5, 5.41) is 2.19. The highest BCUT2D eigenvalue weighted by molar-refractivity contribution is 6.11. The molecule has 0 N–H and O–H groups in total. The predicted octanol–water partition coefficient (Wildman–Crippen LogP) is 4.66. The van der Waals surface area contributed by atoms with Gasteiger partial charge in [-0.25, -0.2) is 4.98 Å². The SMILES string of the molecule is FC(F)(F)c1ccc2c3ccccc3n3ccnc3c2c1. The van der Waals surface area contributed by atoms with E-state index in [-0.39, 0.29) is 0 Å². The zero-order chi connectivity index (χ0) is 14.6. The van der Waals surface area contributed by atoms with E-state index in [2.05, 4.69) is 4.98 Å². The first-order valence-corrected chi connectivity index (χ1v) is 6.40. The second-order valence-corrected chi connectivity index (χ2v) is 4.90. The summed E-state index contributed by atoms with van der Waals surface area (Å²) in [6, 6.07) is 11.4. The number of rotatable bonds is 0. The zero-order valence-electron chi connectivity index (χ0n) is 10.7. The topological polar surface area (TPSA) is 17.3 Å². The van der Waals surface area contributed by atoms with E-state index in [0.717, 1.165) is 22.4 Å². The molecule has 0 aliphatic carbocycles. The molecule has 0 saturated heterocycles. The lowest BCUT2D eigenvalue weighted by molar-refractivity contribution is -0.137. The van der Waals surface area contributed by atoms with Crippen LogP contribution in [-0.2, 0) is 6.18 Å². The largest absolute Gasteiger partial charge is 0.416 e. The summed E-state index contributed by atoms with van der Waals surface area (Å²) in [5.41, 5.74) is 0.808. The van der Waals surface area contributed by atoms with Crippen molar-refractivity contribution in [1.29, 1.82) is 0 Å². The molecule has 0 spiro atoms. The fraction of sp³-hybridized carbons (Fsp3) is 0.0625. The van der Waals surface area contributed by atoms with Crippen molar-refractivity contribution < 1.29 is 13.2 Å². The predicted molar refractivity (Wildman–Crippen MR) is 75.2 cm³/mol. The first kappa shape index (κ1) is 12.2. The third kappa shape index (κ3) is 1.70. The van der Waals surface area contributed by atoms with E-state index in [1.807, 2.05) is 28.7 Å². The van der Waals surface area contributed by atoms with E-state index in [9.17, 15) is 13.2 Å². The highest BCUT2D eigenvalue weighted by atomic mass is 19.4. The van der Waals surface area contributed by atoms with Gasteiger partial charge in [0.25, 0.3) is 0 Å². The maximum Gasteiger partial charge on any atom is 0.416 e. The Balaban J connectivity index is 2.25. The van der Waals surface area contributed by atoms with E-state index in [1.54, 1.807) is 12.4 Å². The number of hydrogen-bond acceptors (Lipinski definition) is 1. The van der Waals surface area contributed by atoms with Crippen LogP contribution in [0.1, 0.15) is 5.56 Å². The molecule has 4 rings (SSSR count). The minimum absolute atomic E-state index is 0.508. The van der Waals surface area contributed by atoms with Gasteiger partial charge in [0.05, 0.1) is 11.1 Å². The molecule has 2 nitrogen and oxygen atoms in total. The Morgan fingerprint density at radius 3 is 2.52 bits per heavy atom. The zero-order valence-corrected chi connectivity index (χ0v) is 10.7. The van der Waals surface area contributed by atoms with Gasteiger partial charge in [-0.2, -0.15) is 13.2 Å². The van der Waals surface area contributed by atoms with Crippen molar-refractivity contribution in [3.8, 4) is 0 Å². The van der Waals surface area contributed by atoms with Crippen LogP contribution in [0.4, 0.5) is 13.2 Å². The number of pyridine rings is 1. The smallest absolute Gasteiger partial charge is 0.299 e. The van der Waals surface area contributed by atoms with E-state index >= 15 is 0 Å². The molecule has 0 fully saturated rings. The number of imidazole rings is 1. The molecule has 0 bridgehead atoms. The summed E-state index contributed by atoms with van der Waals surface area (Å²) in [5.74, 6) is 0. The fourth-order valence-electron chi connectivity index (χ4n) is 2.75. The molecule has 0 atom stereocenters. The van der Waals surface area contributed by atoms with Crippen LogP contribution in [-0.4, -0.2) is 9.38 Å². The van der Waals surface area contributed by atoms with Crippen molar-refractivity contribution in [3.63, 3.8) is 0 Å². The Kier molecular flexibility index (Phi) is 2.31. The summed E-state index contributed by atoms with van der Waals surface area (Å²) >= 11 is 0. The highest BCUT2D eigenvalue weighted by Crippen LogP contribution is 2.35. The summed E-state index contributed by atoms with van der Waals surface area (Å²) in [6.45, 7) is 0. The molecular weight excluding hydrogens is 277 g/mol. The minimum atomic E-state index is -4.36. The van der Waals surface area contributed by atoms with Crippen LogP contribution in [0.3, 0.4) is 0 Å². The molecule has 0 amide bonds. The average molecular weight is 286 g/mol. The maximum absolute atomic E-state index is 12.9. The van der Waals surface area contributed by atoms with Gasteiger partial charge in [0.1, 0.15) is 5.65 Å². The molecule has 0 aliphatic heterocycles. The van der Waals surface area contributed by atoms with Gasteiger partial charge in [0.2, 0.25) is 0 Å². The molecule has 0 saturated carbocycles. The Labute approximate surface area is 117 Å². The van der Waals surface area contributed by atoms with Crippen molar-refractivity contribution in [2.45, 2.75) is 6.18 Å². The average Bonchev–Trinajstić information content (AvgIpc) is 2.96. The van der Waals surface area contributed by atoms with E-state index in [1.165, 1.54) is 12.1 Å². The number of hydrogen-bond donors (Lipinski definition) is 0. The molecule has 2 heterocycles. The van der Waals surface area contributed by atoms with Crippen molar-refractivity contribution in [3.05, 3.63) is 60.4 Å². The molecule has 104 valence electrons. The molecule has 0 aliphatic rings. The van der Waals surface area contributed by atoms with Crippen LogP contribution in [0.2, 0.25) is 0 Å². The van der Waals surface area contributed by atoms with Crippen LogP contribution < -0.4 is 0 Å². The minimum Gasteiger partial charge on any atom is -0.299 e. The van der Waals surface area contributed by atoms with Gasteiger partial charge in [-0.1, -0.05) is 24.3 Å². The van der Waals surface area contributed by atoms with E-state index in [4.69, 9.17) is 0 Å². The fourth-order valence-corrected chi connectivity index (χ4v) is 2.75. The number of alkyl halides is 3. The van der Waals surface area contributed by atoms with Crippen molar-refractivity contribution in [1.82, 2.24) is 9.38 Å². The van der Waals surface area contributed by atoms with Crippen molar-refractivity contribution in [2.24, 2.45) is 0 Å². The van der Waals surface area contributed by atoms with Gasteiger partial charge in [0, 0.05) is 23.2 Å². The summed E-state index contributed by atoms with van der Waals surface area (Å²) < 4.78 is 40.6. The van der Waals surface area contributed by atoms with Crippen LogP contribution in [0.25, 0.3) is 27.3 Å². The summed E-state index contributed by atoms with van der Waals surface area (Å²) in [4.78, 5) is 4.22. The summed E-state index contributed by atoms with van der Waals surface area (Å²) in [6.07, 6.45) is -0.998. The van der Waals surface area contributed by atoms with E-state index < -0.39 is 11.7 Å². The third-order valence-electron chi connectivity index (χ3n) is 3.68. The second kappa shape index (κ2) is 3.97. The maximum atomic E-state index is 12.9. The van der Waals surface area contributed by atoms with E-state index in [0.29, 0.717) is 11.0 Å². The number of fused-ring (bicyclic) bond motifs is 6. The highest BCUT2D eigenvalue weighted by Gasteiger charge is 2.30. The van der Waals surface area contributed by atoms with Crippen LogP contribution in [0.15, 0.2) is 54.9 Å². The van der Waals surface area contributed by atoms with Crippen molar-refractivity contribution >= 4 is 27.3 Å². The van der Waals surface area contributed by atoms with Crippen LogP contribution in [0.5, 0.6) is 0 Å². The standard InChI is InChI=1S/C16H9F3N2/c17-16(18,19)10-5-6-11-12-3-1-2-4-14(12)21-8-7-20-15(21)13(11)9-10/h1-9H. The van der Waals surface area contributed by atoms with Gasteiger partial charge in [-0.3, -0.25) is 4.40 Å². The molecule has 2 aromatic carbocycles. The number of benzene rings is 2. The molecule has 21 heavy (non-hydrogen) atoms. The Morgan fingerprint density at radius 1 is 0.905 bits per heavy atom. The van der Waals surface area contributed by atoms with Gasteiger partial charge in [-0.05, 0) is 23.6 Å². The quantitative estimate of drug-likeness (QED) is 0.430. The second-order valence-electron chi connectivity index (χ2n) is 4.90. The normalized spacial score (nSPS) is 12.5. The first-order valence-electron chi connectivity index (χ1n) is 6.40. The lowest BCUT2D eigenvalue weighted by Gasteiger charge is -2.11. The van der Waals surface area contributed by atoms with Gasteiger partial charge < -0.3 is 0 Å². The summed E-state index contributed by atoms with van der Waals surface area (Å²) in [7, 11) is 0. The Bertz CT molecular complexity index is 983. The Morgan fingerprint density at radius 2 is 1.71 bits per heavy atom. The van der Waals surface area contributed by atoms with Crippen LogP contribution in [0, 0.1) is 0 Å². The number of halogens is 3. The molecule has 4 aromatic rings. The van der Waals surface area contributed by atoms with Gasteiger partial charge in [0.15, 0.2) is 0 Å². The van der Waals surface area contributed by atoms with Gasteiger partial charge in [-0.15, -0.1) is 0 Å². The molecule has 2 aromatic heterocycles. The number of nitrogens with zero attached hydrogens (tertiary/aromatic N) is 2. The Hall–Kier alpha value is -2.56.